The highest BCUT2D eigenvalue weighted by Gasteiger charge is 2.28. The van der Waals surface area contributed by atoms with Gasteiger partial charge in [0.1, 0.15) is 6.20 Å². The summed E-state index contributed by atoms with van der Waals surface area (Å²) in [5.41, 5.74) is -0.760. The Kier molecular flexibility index (Phi) is 3.26. The van der Waals surface area contributed by atoms with Gasteiger partial charge in [0.2, 0.25) is 0 Å². The first-order valence-corrected chi connectivity index (χ1v) is 8.50. The predicted octanol–water partition coefficient (Wildman–Crippen LogP) is 5.51. The van der Waals surface area contributed by atoms with Crippen LogP contribution in [0, 0.1) is 20.2 Å². The van der Waals surface area contributed by atoms with Crippen molar-refractivity contribution in [1.29, 1.82) is 0 Å². The van der Waals surface area contributed by atoms with E-state index >= 15 is 0 Å². The minimum absolute atomic E-state index is 0.159. The number of hydrogen-bond donors (Lipinski definition) is 0. The Hall–Kier alpha value is -4.13. The Morgan fingerprint density at radius 2 is 1.36 bits per heavy atom. The van der Waals surface area contributed by atoms with E-state index in [4.69, 9.17) is 0 Å². The maximum Gasteiger partial charge on any atom is 0.364 e. The highest BCUT2D eigenvalue weighted by molar-refractivity contribution is 6.19. The fourth-order valence-electron chi connectivity index (χ4n) is 3.79. The van der Waals surface area contributed by atoms with Crippen LogP contribution in [-0.2, 0) is 0 Å². The van der Waals surface area contributed by atoms with Gasteiger partial charge < -0.3 is 0 Å². The molecule has 0 fully saturated rings. The second-order valence-electron chi connectivity index (χ2n) is 6.55. The van der Waals surface area contributed by atoms with Crippen LogP contribution in [0.15, 0.2) is 66.9 Å². The Balaban J connectivity index is 1.94. The Morgan fingerprint density at radius 1 is 0.679 bits per heavy atom. The van der Waals surface area contributed by atoms with Gasteiger partial charge >= 0.3 is 11.4 Å². The largest absolute Gasteiger partial charge is 0.364 e. The van der Waals surface area contributed by atoms with E-state index in [-0.39, 0.29) is 5.39 Å². The fourth-order valence-corrected chi connectivity index (χ4v) is 3.79. The van der Waals surface area contributed by atoms with Gasteiger partial charge in [-0.1, -0.05) is 42.5 Å². The third kappa shape index (κ3) is 2.20. The van der Waals surface area contributed by atoms with Crippen molar-refractivity contribution < 1.29 is 9.85 Å². The first kappa shape index (κ1) is 16.1. The maximum atomic E-state index is 11.5. The molecule has 0 spiro atoms. The van der Waals surface area contributed by atoms with Gasteiger partial charge in [-0.3, -0.25) is 20.2 Å². The molecule has 28 heavy (non-hydrogen) atoms. The molecule has 0 aliphatic heterocycles. The molecule has 1 aromatic heterocycles. The van der Waals surface area contributed by atoms with Crippen LogP contribution in [0.1, 0.15) is 0 Å². The molecule has 5 aromatic rings. The summed E-state index contributed by atoms with van der Waals surface area (Å²) < 4.78 is 0. The van der Waals surface area contributed by atoms with E-state index in [1.165, 1.54) is 0 Å². The fraction of sp³-hybridized carbons (Fsp3) is 0. The number of fused-ring (bicyclic) bond motifs is 6. The summed E-state index contributed by atoms with van der Waals surface area (Å²) in [4.78, 5) is 25.4. The lowest BCUT2D eigenvalue weighted by atomic mass is 9.96. The number of nitro groups is 2. The Bertz CT molecular complexity index is 1480. The molecular weight excluding hydrogens is 358 g/mol. The van der Waals surface area contributed by atoms with E-state index < -0.39 is 21.2 Å². The van der Waals surface area contributed by atoms with Crippen molar-refractivity contribution in [2.75, 3.05) is 0 Å². The number of pyridine rings is 1. The molecule has 7 heteroatoms. The number of benzene rings is 4. The monoisotopic (exact) mass is 369 g/mol. The molecule has 5 rings (SSSR count). The second kappa shape index (κ2) is 5.68. The molecule has 0 atom stereocenters. The van der Waals surface area contributed by atoms with Crippen LogP contribution in [-0.4, -0.2) is 14.8 Å². The minimum atomic E-state index is -0.776. The molecular formula is C21H11N3O4. The van der Waals surface area contributed by atoms with Crippen LogP contribution in [0.2, 0.25) is 0 Å². The third-order valence-corrected chi connectivity index (χ3v) is 5.05. The van der Waals surface area contributed by atoms with Crippen molar-refractivity contribution in [2.45, 2.75) is 0 Å². The number of nitrogens with zero attached hydrogens (tertiary/aromatic N) is 3. The highest BCUT2D eigenvalue weighted by Crippen LogP contribution is 2.38. The van der Waals surface area contributed by atoms with E-state index in [9.17, 15) is 20.2 Å². The van der Waals surface area contributed by atoms with Gasteiger partial charge in [-0.15, -0.1) is 0 Å². The predicted molar refractivity (Wildman–Crippen MR) is 108 cm³/mol. The van der Waals surface area contributed by atoms with Gasteiger partial charge in [0, 0.05) is 5.39 Å². The van der Waals surface area contributed by atoms with Gasteiger partial charge in [0.25, 0.3) is 0 Å². The van der Waals surface area contributed by atoms with Crippen LogP contribution < -0.4 is 0 Å². The van der Waals surface area contributed by atoms with E-state index in [2.05, 4.69) is 17.1 Å². The SMILES string of the molecule is O=[N+]([O-])c1cnc2c(ccc3c4cc5ccccc5cc4ccc32)c1[N+](=O)[O-]. The van der Waals surface area contributed by atoms with Crippen molar-refractivity contribution in [3.05, 3.63) is 87.1 Å². The zero-order valence-corrected chi connectivity index (χ0v) is 14.3. The van der Waals surface area contributed by atoms with Gasteiger partial charge in [-0.25, -0.2) is 4.98 Å². The smallest absolute Gasteiger partial charge is 0.258 e. The highest BCUT2D eigenvalue weighted by atomic mass is 16.6. The molecule has 1 heterocycles. The van der Waals surface area contributed by atoms with Crippen molar-refractivity contribution in [3.8, 4) is 0 Å². The van der Waals surface area contributed by atoms with Crippen molar-refractivity contribution in [3.63, 3.8) is 0 Å². The van der Waals surface area contributed by atoms with Crippen LogP contribution in [0.3, 0.4) is 0 Å². The lowest BCUT2D eigenvalue weighted by Crippen LogP contribution is -1.99. The molecule has 134 valence electrons. The van der Waals surface area contributed by atoms with Crippen molar-refractivity contribution >= 4 is 54.6 Å². The molecule has 0 radical (unpaired) electrons. The topological polar surface area (TPSA) is 99.2 Å². The molecule has 0 unspecified atom stereocenters. The summed E-state index contributed by atoms with van der Waals surface area (Å²) in [5, 5.41) is 28.7. The van der Waals surface area contributed by atoms with Gasteiger partial charge in [0.15, 0.2) is 0 Å². The molecule has 7 nitrogen and oxygen atoms in total. The molecule has 0 saturated heterocycles. The molecule has 0 amide bonds. The normalized spacial score (nSPS) is 11.4. The summed E-state index contributed by atoms with van der Waals surface area (Å²) in [6, 6.07) is 19.3. The summed E-state index contributed by atoms with van der Waals surface area (Å²) in [6.45, 7) is 0. The average molecular weight is 369 g/mol. The summed E-state index contributed by atoms with van der Waals surface area (Å²) >= 11 is 0. The van der Waals surface area contributed by atoms with Crippen LogP contribution >= 0.6 is 0 Å². The van der Waals surface area contributed by atoms with Crippen molar-refractivity contribution in [1.82, 2.24) is 4.98 Å². The lowest BCUT2D eigenvalue weighted by molar-refractivity contribution is -0.421. The van der Waals surface area contributed by atoms with Crippen LogP contribution in [0.5, 0.6) is 0 Å². The van der Waals surface area contributed by atoms with Gasteiger partial charge in [0.05, 0.1) is 20.7 Å². The number of aromatic nitrogens is 1. The number of rotatable bonds is 2. The first-order chi connectivity index (χ1) is 13.5. The molecule has 0 N–H and O–H groups in total. The Labute approximate surface area is 157 Å². The lowest BCUT2D eigenvalue weighted by Gasteiger charge is -2.09. The maximum absolute atomic E-state index is 11.5. The average Bonchev–Trinajstić information content (AvgIpc) is 2.70. The molecule has 0 saturated carbocycles. The van der Waals surface area contributed by atoms with E-state index in [1.54, 1.807) is 12.1 Å². The van der Waals surface area contributed by atoms with E-state index in [0.29, 0.717) is 5.52 Å². The number of hydrogen-bond acceptors (Lipinski definition) is 5. The van der Waals surface area contributed by atoms with Crippen molar-refractivity contribution in [2.24, 2.45) is 0 Å². The van der Waals surface area contributed by atoms with E-state index in [1.807, 2.05) is 36.4 Å². The van der Waals surface area contributed by atoms with Gasteiger partial charge in [-0.2, -0.15) is 0 Å². The Morgan fingerprint density at radius 3 is 2.07 bits per heavy atom. The quantitative estimate of drug-likeness (QED) is 0.177. The second-order valence-corrected chi connectivity index (χ2v) is 6.55. The summed E-state index contributed by atoms with van der Waals surface area (Å²) in [5.74, 6) is 0. The minimum Gasteiger partial charge on any atom is -0.258 e. The van der Waals surface area contributed by atoms with Gasteiger partial charge in [-0.05, 0) is 45.1 Å². The van der Waals surface area contributed by atoms with E-state index in [0.717, 1.165) is 38.5 Å². The molecule has 4 aromatic carbocycles. The standard InChI is InChI=1S/C21H11N3O4/c25-23(26)19-11-22-20-16-6-5-14-9-12-3-1-2-4-13(12)10-18(14)15(16)7-8-17(20)21(19)24(27)28/h1-11H. The molecule has 0 bridgehead atoms. The van der Waals surface area contributed by atoms with Crippen LogP contribution in [0.25, 0.3) is 43.2 Å². The zero-order valence-electron chi connectivity index (χ0n) is 14.3. The molecule has 0 aliphatic carbocycles. The summed E-state index contributed by atoms with van der Waals surface area (Å²) in [6.07, 6.45) is 0.963. The first-order valence-electron chi connectivity index (χ1n) is 8.50. The zero-order chi connectivity index (χ0) is 19.4. The molecule has 0 aliphatic rings. The third-order valence-electron chi connectivity index (χ3n) is 5.05. The summed E-state index contributed by atoms with van der Waals surface area (Å²) in [7, 11) is 0. The van der Waals surface area contributed by atoms with Crippen LogP contribution in [0.4, 0.5) is 11.4 Å².